The number of H-pyrrole nitrogens is 1. The summed E-state index contributed by atoms with van der Waals surface area (Å²) >= 11 is 0. The number of sulfonamides is 1. The largest absolute Gasteiger partial charge is 0.480 e. The van der Waals surface area contributed by atoms with Gasteiger partial charge in [0.1, 0.15) is 6.04 Å². The molecule has 146 valence electrons. The predicted molar refractivity (Wildman–Crippen MR) is 100 cm³/mol. The summed E-state index contributed by atoms with van der Waals surface area (Å²) in [6.07, 6.45) is 0. The third-order valence-electron chi connectivity index (χ3n) is 4.16. The minimum Gasteiger partial charge on any atom is -0.480 e. The number of rotatable bonds is 7. The molecular formula is C17H18N6O4S. The lowest BCUT2D eigenvalue weighted by Gasteiger charge is -2.13. The number of aromatic nitrogens is 4. The Bertz CT molecular complexity index is 1080. The van der Waals surface area contributed by atoms with E-state index in [9.17, 15) is 13.2 Å². The van der Waals surface area contributed by atoms with Crippen molar-refractivity contribution in [3.63, 3.8) is 0 Å². The molecule has 0 saturated carbocycles. The molecule has 3 aromatic rings. The Morgan fingerprint density at radius 1 is 1.25 bits per heavy atom. The quantitative estimate of drug-likeness (QED) is 0.449. The van der Waals surface area contributed by atoms with Gasteiger partial charge in [0, 0.05) is 12.1 Å². The van der Waals surface area contributed by atoms with Gasteiger partial charge in [0.15, 0.2) is 5.82 Å². The number of aromatic amines is 1. The van der Waals surface area contributed by atoms with Crippen LogP contribution in [0.5, 0.6) is 0 Å². The van der Waals surface area contributed by atoms with Crippen molar-refractivity contribution in [2.24, 2.45) is 5.14 Å². The van der Waals surface area contributed by atoms with Crippen LogP contribution >= 0.6 is 0 Å². The summed E-state index contributed by atoms with van der Waals surface area (Å²) in [5, 5.41) is 30.6. The van der Waals surface area contributed by atoms with E-state index in [-0.39, 0.29) is 16.3 Å². The Balaban J connectivity index is 1.99. The van der Waals surface area contributed by atoms with Gasteiger partial charge in [-0.1, -0.05) is 36.4 Å². The molecule has 0 aliphatic carbocycles. The van der Waals surface area contributed by atoms with Crippen LogP contribution in [0.15, 0.2) is 47.4 Å². The van der Waals surface area contributed by atoms with Crippen LogP contribution in [0.3, 0.4) is 0 Å². The van der Waals surface area contributed by atoms with Gasteiger partial charge in [-0.05, 0) is 40.1 Å². The zero-order chi connectivity index (χ0) is 20.3. The maximum atomic E-state index is 12.0. The summed E-state index contributed by atoms with van der Waals surface area (Å²) in [6, 6.07) is 11.3. The number of carboxylic acids is 1. The van der Waals surface area contributed by atoms with E-state index in [0.29, 0.717) is 12.1 Å². The van der Waals surface area contributed by atoms with Crippen LogP contribution in [-0.4, -0.2) is 46.2 Å². The molecule has 28 heavy (non-hydrogen) atoms. The minimum absolute atomic E-state index is 0.0930. The van der Waals surface area contributed by atoms with Crippen LogP contribution in [0.25, 0.3) is 22.5 Å². The highest BCUT2D eigenvalue weighted by molar-refractivity contribution is 7.89. The molecule has 0 aliphatic rings. The third-order valence-corrected chi connectivity index (χ3v) is 5.12. The van der Waals surface area contributed by atoms with E-state index >= 15 is 0 Å². The molecular weight excluding hydrogens is 384 g/mol. The molecule has 1 atom stereocenters. The minimum atomic E-state index is -4.01. The molecule has 0 fully saturated rings. The van der Waals surface area contributed by atoms with Crippen molar-refractivity contribution in [1.82, 2.24) is 25.9 Å². The molecule has 0 amide bonds. The van der Waals surface area contributed by atoms with Crippen molar-refractivity contribution in [2.45, 2.75) is 24.4 Å². The van der Waals surface area contributed by atoms with Crippen LogP contribution < -0.4 is 10.5 Å². The monoisotopic (exact) mass is 402 g/mol. The first-order valence-corrected chi connectivity index (χ1v) is 9.77. The summed E-state index contributed by atoms with van der Waals surface area (Å²) in [4.78, 5) is 10.8. The smallest absolute Gasteiger partial charge is 0.320 e. The maximum Gasteiger partial charge on any atom is 0.320 e. The second kappa shape index (κ2) is 7.84. The van der Waals surface area contributed by atoms with Crippen molar-refractivity contribution in [2.75, 3.05) is 0 Å². The molecule has 0 spiro atoms. The van der Waals surface area contributed by atoms with Crippen LogP contribution in [0.2, 0.25) is 0 Å². The second-order valence-corrected chi connectivity index (χ2v) is 7.64. The van der Waals surface area contributed by atoms with Crippen molar-refractivity contribution in [1.29, 1.82) is 0 Å². The lowest BCUT2D eigenvalue weighted by atomic mass is 9.98. The molecule has 5 N–H and O–H groups in total. The molecule has 0 unspecified atom stereocenters. The van der Waals surface area contributed by atoms with Gasteiger partial charge in [0.25, 0.3) is 0 Å². The van der Waals surface area contributed by atoms with Crippen molar-refractivity contribution < 1.29 is 18.3 Å². The fourth-order valence-electron chi connectivity index (χ4n) is 2.68. The predicted octanol–water partition coefficient (Wildman–Crippen LogP) is 0.744. The summed E-state index contributed by atoms with van der Waals surface area (Å²) in [6.45, 7) is 1.94. The highest BCUT2D eigenvalue weighted by Gasteiger charge is 2.21. The van der Waals surface area contributed by atoms with E-state index in [2.05, 4.69) is 25.9 Å². The highest BCUT2D eigenvalue weighted by Crippen LogP contribution is 2.34. The standard InChI is InChI=1S/C17H18N6O4S/c1-10(17(24)25)19-9-11-5-7-12(8-6-11)13-3-2-4-14(28(18,26)27)15(13)16-20-22-23-21-16/h2-8,10,19H,9H2,1H3,(H,24,25)(H2,18,26,27)(H,20,21,22,23)/t10-/m0/s1. The van der Waals surface area contributed by atoms with Crippen molar-refractivity contribution in [3.05, 3.63) is 48.0 Å². The van der Waals surface area contributed by atoms with Gasteiger partial charge in [-0.2, -0.15) is 0 Å². The van der Waals surface area contributed by atoms with Crippen molar-refractivity contribution in [3.8, 4) is 22.5 Å². The molecule has 11 heteroatoms. The van der Waals surface area contributed by atoms with E-state index < -0.39 is 22.0 Å². The molecule has 0 radical (unpaired) electrons. The van der Waals surface area contributed by atoms with Gasteiger partial charge in [0.2, 0.25) is 10.0 Å². The second-order valence-electron chi connectivity index (χ2n) is 6.11. The van der Waals surface area contributed by atoms with Gasteiger partial charge < -0.3 is 10.4 Å². The summed E-state index contributed by atoms with van der Waals surface area (Å²) in [5.41, 5.74) is 2.47. The first-order valence-electron chi connectivity index (χ1n) is 8.23. The fraction of sp³-hybridized carbons (Fsp3) is 0.176. The molecule has 0 bridgehead atoms. The lowest BCUT2D eigenvalue weighted by molar-refractivity contribution is -0.139. The Labute approximate surface area is 160 Å². The number of primary sulfonamides is 1. The van der Waals surface area contributed by atoms with E-state index in [1.807, 2.05) is 12.1 Å². The van der Waals surface area contributed by atoms with Crippen LogP contribution in [0.1, 0.15) is 12.5 Å². The number of nitrogens with one attached hydrogen (secondary N) is 2. The number of hydrogen-bond donors (Lipinski definition) is 4. The summed E-state index contributed by atoms with van der Waals surface area (Å²) in [5.74, 6) is -0.748. The number of benzene rings is 2. The molecule has 1 heterocycles. The number of tetrazole rings is 1. The van der Waals surface area contributed by atoms with E-state index in [1.165, 1.54) is 6.07 Å². The first kappa shape index (κ1) is 19.6. The molecule has 1 aromatic heterocycles. The van der Waals surface area contributed by atoms with Crippen molar-refractivity contribution >= 4 is 16.0 Å². The molecule has 0 aliphatic heterocycles. The van der Waals surface area contributed by atoms with Crippen LogP contribution in [0, 0.1) is 0 Å². The van der Waals surface area contributed by atoms with Gasteiger partial charge in [-0.25, -0.2) is 18.7 Å². The maximum absolute atomic E-state index is 12.0. The Morgan fingerprint density at radius 2 is 1.96 bits per heavy atom. The number of nitrogens with two attached hydrogens (primary N) is 1. The van der Waals surface area contributed by atoms with E-state index in [0.717, 1.165) is 11.1 Å². The first-order chi connectivity index (χ1) is 13.3. The number of nitrogens with zero attached hydrogens (tertiary/aromatic N) is 3. The fourth-order valence-corrected chi connectivity index (χ4v) is 3.44. The third kappa shape index (κ3) is 4.22. The van der Waals surface area contributed by atoms with Gasteiger partial charge >= 0.3 is 5.97 Å². The SMILES string of the molecule is C[C@H](NCc1ccc(-c2cccc(S(N)(=O)=O)c2-c2nnn[nH]2)cc1)C(=O)O. The van der Waals surface area contributed by atoms with E-state index in [1.54, 1.807) is 31.2 Å². The van der Waals surface area contributed by atoms with Crippen LogP contribution in [0.4, 0.5) is 0 Å². The topological polar surface area (TPSA) is 164 Å². The summed E-state index contributed by atoms with van der Waals surface area (Å²) < 4.78 is 24.1. The van der Waals surface area contributed by atoms with Gasteiger partial charge in [0.05, 0.1) is 4.90 Å². The zero-order valence-electron chi connectivity index (χ0n) is 14.8. The van der Waals surface area contributed by atoms with Crippen LogP contribution in [-0.2, 0) is 21.4 Å². The zero-order valence-corrected chi connectivity index (χ0v) is 15.6. The Morgan fingerprint density at radius 3 is 2.54 bits per heavy atom. The Kier molecular flexibility index (Phi) is 5.49. The summed E-state index contributed by atoms with van der Waals surface area (Å²) in [7, 11) is -4.01. The average Bonchev–Trinajstić information content (AvgIpc) is 3.19. The lowest BCUT2D eigenvalue weighted by Crippen LogP contribution is -2.33. The number of hydrogen-bond acceptors (Lipinski definition) is 7. The van der Waals surface area contributed by atoms with Gasteiger partial charge in [-0.3, -0.25) is 4.79 Å². The average molecular weight is 402 g/mol. The number of carboxylic acid groups (broad SMARTS) is 1. The normalized spacial score (nSPS) is 12.6. The number of carbonyl (C=O) groups is 1. The molecule has 10 nitrogen and oxygen atoms in total. The van der Waals surface area contributed by atoms with Gasteiger partial charge in [-0.15, -0.1) is 5.10 Å². The molecule has 0 saturated heterocycles. The highest BCUT2D eigenvalue weighted by atomic mass is 32.2. The van der Waals surface area contributed by atoms with E-state index in [4.69, 9.17) is 10.2 Å². The Hall–Kier alpha value is -3.15. The number of aliphatic carboxylic acids is 1. The molecule has 2 aromatic carbocycles. The molecule has 3 rings (SSSR count).